The van der Waals surface area contributed by atoms with Crippen LogP contribution in [0.2, 0.25) is 0 Å². The van der Waals surface area contributed by atoms with E-state index in [4.69, 9.17) is 0 Å². The number of carbonyl (C=O) groups excluding carboxylic acids is 2. The van der Waals surface area contributed by atoms with Gasteiger partial charge in [0.2, 0.25) is 5.91 Å². The van der Waals surface area contributed by atoms with Crippen LogP contribution in [0, 0.1) is 0 Å². The Labute approximate surface area is 124 Å². The number of carbonyl (C=O) groups is 2. The molecule has 0 bridgehead atoms. The van der Waals surface area contributed by atoms with E-state index >= 15 is 0 Å². The van der Waals surface area contributed by atoms with Gasteiger partial charge in [-0.3, -0.25) is 14.5 Å². The van der Waals surface area contributed by atoms with Gasteiger partial charge < -0.3 is 5.32 Å². The standard InChI is InChI=1S/C15H20N4O2/c1-19-13(20)8-7-12(15(19)21)18-14-10-5-3-2-4-6-11(10)16-9-17-14/h9,12H,2-8H2,1H3,(H,16,17,18). The molecular formula is C15H20N4O2. The third-order valence-electron chi connectivity index (χ3n) is 4.34. The monoisotopic (exact) mass is 288 g/mol. The summed E-state index contributed by atoms with van der Waals surface area (Å²) in [7, 11) is 1.54. The van der Waals surface area contributed by atoms with E-state index in [0.29, 0.717) is 12.8 Å². The van der Waals surface area contributed by atoms with Crippen LogP contribution in [0.15, 0.2) is 6.33 Å². The lowest BCUT2D eigenvalue weighted by atomic mass is 10.0. The van der Waals surface area contributed by atoms with Crippen molar-refractivity contribution in [2.75, 3.05) is 12.4 Å². The first-order valence-corrected chi connectivity index (χ1v) is 7.56. The van der Waals surface area contributed by atoms with Crippen molar-refractivity contribution in [1.82, 2.24) is 14.9 Å². The molecule has 0 aromatic carbocycles. The molecule has 0 spiro atoms. The van der Waals surface area contributed by atoms with E-state index in [0.717, 1.165) is 42.8 Å². The summed E-state index contributed by atoms with van der Waals surface area (Å²) in [6.45, 7) is 0. The molecule has 6 nitrogen and oxygen atoms in total. The first-order chi connectivity index (χ1) is 10.2. The quantitative estimate of drug-likeness (QED) is 0.656. The first-order valence-electron chi connectivity index (χ1n) is 7.56. The topological polar surface area (TPSA) is 75.2 Å². The van der Waals surface area contributed by atoms with Crippen LogP contribution in [-0.4, -0.2) is 39.8 Å². The zero-order chi connectivity index (χ0) is 14.8. The first kappa shape index (κ1) is 14.0. The molecule has 1 aliphatic heterocycles. The predicted octanol–water partition coefficient (Wildman–Crippen LogP) is 1.30. The Morgan fingerprint density at radius 3 is 2.81 bits per heavy atom. The summed E-state index contributed by atoms with van der Waals surface area (Å²) < 4.78 is 0. The zero-order valence-electron chi connectivity index (χ0n) is 12.3. The van der Waals surface area contributed by atoms with Gasteiger partial charge in [0, 0.05) is 24.7 Å². The lowest BCUT2D eigenvalue weighted by Gasteiger charge is -2.29. The zero-order valence-corrected chi connectivity index (χ0v) is 12.3. The lowest BCUT2D eigenvalue weighted by Crippen LogP contribution is -2.48. The number of amides is 2. The van der Waals surface area contributed by atoms with Crippen LogP contribution >= 0.6 is 0 Å². The fourth-order valence-corrected chi connectivity index (χ4v) is 3.04. The van der Waals surface area contributed by atoms with Crippen LogP contribution < -0.4 is 5.32 Å². The molecule has 6 heteroatoms. The van der Waals surface area contributed by atoms with E-state index in [2.05, 4.69) is 15.3 Å². The molecule has 1 aliphatic carbocycles. The van der Waals surface area contributed by atoms with E-state index < -0.39 is 0 Å². The Morgan fingerprint density at radius 1 is 1.14 bits per heavy atom. The van der Waals surface area contributed by atoms with Crippen molar-refractivity contribution >= 4 is 17.6 Å². The number of likely N-dealkylation sites (N-methyl/N-ethyl adjacent to an activating group) is 1. The number of hydrogen-bond donors (Lipinski definition) is 1. The van der Waals surface area contributed by atoms with Crippen LogP contribution in [0.25, 0.3) is 0 Å². The Hall–Kier alpha value is -1.98. The molecule has 1 aromatic rings. The smallest absolute Gasteiger partial charge is 0.251 e. The number of aryl methyl sites for hydroxylation is 1. The summed E-state index contributed by atoms with van der Waals surface area (Å²) in [5.74, 6) is 0.481. The van der Waals surface area contributed by atoms with Gasteiger partial charge in [-0.15, -0.1) is 0 Å². The number of likely N-dealkylation sites (tertiary alicyclic amines) is 1. The summed E-state index contributed by atoms with van der Waals surface area (Å²) in [6.07, 6.45) is 7.91. The third kappa shape index (κ3) is 2.75. The van der Waals surface area contributed by atoms with Crippen molar-refractivity contribution in [3.05, 3.63) is 17.6 Å². The number of anilines is 1. The maximum Gasteiger partial charge on any atom is 0.251 e. The van der Waals surface area contributed by atoms with Gasteiger partial charge in [-0.2, -0.15) is 0 Å². The van der Waals surface area contributed by atoms with Gasteiger partial charge in [0.05, 0.1) is 0 Å². The number of nitrogens with one attached hydrogen (secondary N) is 1. The fraction of sp³-hybridized carbons (Fsp3) is 0.600. The number of fused-ring (bicyclic) bond motifs is 1. The molecule has 3 rings (SSSR count). The summed E-state index contributed by atoms with van der Waals surface area (Å²) in [5.41, 5.74) is 2.24. The summed E-state index contributed by atoms with van der Waals surface area (Å²) in [4.78, 5) is 33.6. The summed E-state index contributed by atoms with van der Waals surface area (Å²) in [5, 5.41) is 3.24. The minimum Gasteiger partial charge on any atom is -0.358 e. The molecule has 1 aromatic heterocycles. The number of nitrogens with zero attached hydrogens (tertiary/aromatic N) is 3. The molecule has 2 heterocycles. The molecule has 1 saturated heterocycles. The van der Waals surface area contributed by atoms with Gasteiger partial charge in [0.25, 0.3) is 5.91 Å². The molecule has 1 unspecified atom stereocenters. The molecule has 112 valence electrons. The van der Waals surface area contributed by atoms with E-state index in [1.807, 2.05) is 0 Å². The maximum atomic E-state index is 12.2. The van der Waals surface area contributed by atoms with Crippen LogP contribution in [0.1, 0.15) is 43.4 Å². The van der Waals surface area contributed by atoms with Crippen molar-refractivity contribution in [3.8, 4) is 0 Å². The second kappa shape index (κ2) is 5.79. The van der Waals surface area contributed by atoms with Crippen LogP contribution in [0.3, 0.4) is 0 Å². The van der Waals surface area contributed by atoms with Gasteiger partial charge in [-0.25, -0.2) is 9.97 Å². The average Bonchev–Trinajstić information content (AvgIpc) is 2.74. The fourth-order valence-electron chi connectivity index (χ4n) is 3.04. The summed E-state index contributed by atoms with van der Waals surface area (Å²) >= 11 is 0. The van der Waals surface area contributed by atoms with Gasteiger partial charge >= 0.3 is 0 Å². The lowest BCUT2D eigenvalue weighted by molar-refractivity contribution is -0.146. The van der Waals surface area contributed by atoms with Crippen molar-refractivity contribution in [1.29, 1.82) is 0 Å². The molecule has 1 fully saturated rings. The van der Waals surface area contributed by atoms with Crippen molar-refractivity contribution in [2.45, 2.75) is 51.0 Å². The van der Waals surface area contributed by atoms with Crippen molar-refractivity contribution < 1.29 is 9.59 Å². The largest absolute Gasteiger partial charge is 0.358 e. The Bertz CT molecular complexity index is 573. The second-order valence-electron chi connectivity index (χ2n) is 5.73. The Balaban J connectivity index is 1.82. The Morgan fingerprint density at radius 2 is 1.95 bits per heavy atom. The highest BCUT2D eigenvalue weighted by Crippen LogP contribution is 2.25. The van der Waals surface area contributed by atoms with E-state index in [9.17, 15) is 9.59 Å². The minimum atomic E-state index is -0.366. The van der Waals surface area contributed by atoms with Gasteiger partial charge in [0.15, 0.2) is 0 Å². The highest BCUT2D eigenvalue weighted by Gasteiger charge is 2.32. The second-order valence-corrected chi connectivity index (χ2v) is 5.73. The van der Waals surface area contributed by atoms with Crippen LogP contribution in [0.4, 0.5) is 5.82 Å². The van der Waals surface area contributed by atoms with Crippen molar-refractivity contribution in [2.24, 2.45) is 0 Å². The maximum absolute atomic E-state index is 12.2. The normalized spacial score (nSPS) is 22.7. The molecule has 2 amide bonds. The molecule has 21 heavy (non-hydrogen) atoms. The SMILES string of the molecule is CN1C(=O)CCC(Nc2ncnc3c2CCCCC3)C1=O. The minimum absolute atomic E-state index is 0.112. The van der Waals surface area contributed by atoms with E-state index in [1.165, 1.54) is 11.3 Å². The average molecular weight is 288 g/mol. The third-order valence-corrected chi connectivity index (χ3v) is 4.34. The highest BCUT2D eigenvalue weighted by atomic mass is 16.2. The Kier molecular flexibility index (Phi) is 3.86. The number of piperidine rings is 1. The summed E-state index contributed by atoms with van der Waals surface area (Å²) in [6, 6.07) is -0.366. The highest BCUT2D eigenvalue weighted by molar-refractivity contribution is 6.01. The van der Waals surface area contributed by atoms with Gasteiger partial charge in [-0.05, 0) is 32.1 Å². The molecule has 1 N–H and O–H groups in total. The van der Waals surface area contributed by atoms with Crippen molar-refractivity contribution in [3.63, 3.8) is 0 Å². The number of imide groups is 1. The van der Waals surface area contributed by atoms with Gasteiger partial charge in [-0.1, -0.05) is 6.42 Å². The molecule has 2 aliphatic rings. The van der Waals surface area contributed by atoms with Gasteiger partial charge in [0.1, 0.15) is 18.2 Å². The molecule has 1 atom stereocenters. The predicted molar refractivity (Wildman–Crippen MR) is 77.7 cm³/mol. The number of hydrogen-bond acceptors (Lipinski definition) is 5. The molecule has 0 radical (unpaired) electrons. The number of aromatic nitrogens is 2. The van der Waals surface area contributed by atoms with E-state index in [1.54, 1.807) is 13.4 Å². The number of rotatable bonds is 2. The van der Waals surface area contributed by atoms with Crippen LogP contribution in [-0.2, 0) is 22.4 Å². The molecular weight excluding hydrogens is 268 g/mol. The van der Waals surface area contributed by atoms with Crippen LogP contribution in [0.5, 0.6) is 0 Å². The molecule has 0 saturated carbocycles. The van der Waals surface area contributed by atoms with E-state index in [-0.39, 0.29) is 17.9 Å².